The summed E-state index contributed by atoms with van der Waals surface area (Å²) in [5.74, 6) is -0.347. The van der Waals surface area contributed by atoms with Crippen molar-refractivity contribution < 1.29 is 19.1 Å². The van der Waals surface area contributed by atoms with E-state index in [0.717, 1.165) is 38.0 Å². The van der Waals surface area contributed by atoms with Crippen LogP contribution in [0.4, 0.5) is 0 Å². The van der Waals surface area contributed by atoms with E-state index in [-0.39, 0.29) is 23.3 Å². The van der Waals surface area contributed by atoms with Gasteiger partial charge in [-0.25, -0.2) is 4.79 Å². The van der Waals surface area contributed by atoms with Gasteiger partial charge in [0.25, 0.3) is 5.91 Å². The third kappa shape index (κ3) is 3.18. The van der Waals surface area contributed by atoms with E-state index in [1.54, 1.807) is 0 Å². The molecule has 5 nitrogen and oxygen atoms in total. The van der Waals surface area contributed by atoms with Crippen LogP contribution in [0.5, 0.6) is 0 Å². The molecule has 22 heavy (non-hydrogen) atoms. The summed E-state index contributed by atoms with van der Waals surface area (Å²) < 4.78 is 5.17. The van der Waals surface area contributed by atoms with Crippen LogP contribution < -0.4 is 0 Å². The van der Waals surface area contributed by atoms with E-state index in [2.05, 4.69) is 0 Å². The lowest BCUT2D eigenvalue weighted by Crippen LogP contribution is -2.36. The van der Waals surface area contributed by atoms with Crippen LogP contribution in [0.2, 0.25) is 0 Å². The number of likely N-dealkylation sites (tertiary alicyclic amines) is 1. The molecule has 1 saturated carbocycles. The summed E-state index contributed by atoms with van der Waals surface area (Å²) in [6.45, 7) is 0.749. The Morgan fingerprint density at radius 2 is 1.95 bits per heavy atom. The van der Waals surface area contributed by atoms with Crippen LogP contribution in [0, 0.1) is 5.92 Å². The van der Waals surface area contributed by atoms with Gasteiger partial charge in [0, 0.05) is 18.7 Å². The molecule has 1 unspecified atom stereocenters. The molecule has 2 aliphatic rings. The monoisotopic (exact) mass is 305 g/mol. The maximum Gasteiger partial charge on any atom is 0.338 e. The maximum atomic E-state index is 12.6. The van der Waals surface area contributed by atoms with Crippen molar-refractivity contribution in [3.8, 4) is 0 Å². The average Bonchev–Trinajstić information content (AvgIpc) is 3.17. The lowest BCUT2D eigenvalue weighted by atomic mass is 9.84. The van der Waals surface area contributed by atoms with Crippen molar-refractivity contribution in [2.24, 2.45) is 5.92 Å². The molecule has 0 bridgehead atoms. The Kier molecular flexibility index (Phi) is 4.50. The number of hydrogen-bond donors (Lipinski definition) is 1. The van der Waals surface area contributed by atoms with Crippen molar-refractivity contribution in [2.75, 3.05) is 6.54 Å². The van der Waals surface area contributed by atoms with E-state index in [1.807, 2.05) is 4.90 Å². The molecule has 1 aliphatic carbocycles. The molecular weight excluding hydrogens is 282 g/mol. The second kappa shape index (κ2) is 6.55. The normalized spacial score (nSPS) is 22.9. The van der Waals surface area contributed by atoms with Gasteiger partial charge >= 0.3 is 5.97 Å². The Morgan fingerprint density at radius 1 is 1.18 bits per heavy atom. The van der Waals surface area contributed by atoms with Gasteiger partial charge in [0.2, 0.25) is 0 Å². The number of amides is 1. The molecule has 1 amide bonds. The van der Waals surface area contributed by atoms with Crippen LogP contribution in [-0.4, -0.2) is 34.5 Å². The zero-order chi connectivity index (χ0) is 15.5. The zero-order valence-corrected chi connectivity index (χ0v) is 12.8. The molecule has 1 N–H and O–H groups in total. The predicted octanol–water partition coefficient (Wildman–Crippen LogP) is 3.55. The Labute approximate surface area is 130 Å². The van der Waals surface area contributed by atoms with Crippen LogP contribution in [-0.2, 0) is 0 Å². The number of carboxylic acid groups (broad SMARTS) is 1. The van der Waals surface area contributed by atoms with Crippen molar-refractivity contribution in [1.82, 2.24) is 4.90 Å². The number of aromatic carboxylic acids is 1. The Balaban J connectivity index is 1.66. The largest absolute Gasteiger partial charge is 0.478 e. The van der Waals surface area contributed by atoms with Crippen molar-refractivity contribution in [1.29, 1.82) is 0 Å². The number of carbonyl (C=O) groups is 2. The Bertz CT molecular complexity index is 545. The number of rotatable bonds is 4. The first-order chi connectivity index (χ1) is 10.6. The van der Waals surface area contributed by atoms with E-state index < -0.39 is 5.97 Å². The van der Waals surface area contributed by atoms with E-state index in [1.165, 1.54) is 38.2 Å². The van der Waals surface area contributed by atoms with Crippen molar-refractivity contribution >= 4 is 11.9 Å². The molecule has 1 aromatic rings. The number of nitrogens with zero attached hydrogens (tertiary/aromatic N) is 1. The second-order valence-corrected chi connectivity index (χ2v) is 6.54. The van der Waals surface area contributed by atoms with Crippen molar-refractivity contribution in [3.63, 3.8) is 0 Å². The first kappa shape index (κ1) is 15.1. The molecule has 3 rings (SSSR count). The first-order valence-electron chi connectivity index (χ1n) is 8.28. The molecule has 1 aliphatic heterocycles. The zero-order valence-electron chi connectivity index (χ0n) is 12.8. The van der Waals surface area contributed by atoms with E-state index in [0.29, 0.717) is 0 Å². The highest BCUT2D eigenvalue weighted by Crippen LogP contribution is 2.32. The molecule has 0 aromatic carbocycles. The Hall–Kier alpha value is -1.78. The van der Waals surface area contributed by atoms with Gasteiger partial charge in [0.1, 0.15) is 6.26 Å². The van der Waals surface area contributed by atoms with Gasteiger partial charge in [0.15, 0.2) is 5.76 Å². The Morgan fingerprint density at radius 3 is 2.64 bits per heavy atom. The highest BCUT2D eigenvalue weighted by Gasteiger charge is 2.33. The van der Waals surface area contributed by atoms with E-state index in [9.17, 15) is 9.59 Å². The van der Waals surface area contributed by atoms with Crippen LogP contribution >= 0.6 is 0 Å². The van der Waals surface area contributed by atoms with Gasteiger partial charge in [0.05, 0.1) is 5.56 Å². The highest BCUT2D eigenvalue weighted by atomic mass is 16.4. The number of carboxylic acids is 1. The summed E-state index contributed by atoms with van der Waals surface area (Å²) in [5, 5.41) is 8.93. The summed E-state index contributed by atoms with van der Waals surface area (Å²) in [6, 6.07) is 1.62. The summed E-state index contributed by atoms with van der Waals surface area (Å²) >= 11 is 0. The molecule has 2 heterocycles. The van der Waals surface area contributed by atoms with Gasteiger partial charge in [-0.15, -0.1) is 0 Å². The molecule has 0 spiro atoms. The quantitative estimate of drug-likeness (QED) is 0.923. The smallest absolute Gasteiger partial charge is 0.338 e. The highest BCUT2D eigenvalue weighted by molar-refractivity contribution is 5.95. The SMILES string of the molecule is O=C(O)c1coc(C(=O)N2CCCC2CC2CCCCC2)c1. The second-order valence-electron chi connectivity index (χ2n) is 6.54. The number of carbonyl (C=O) groups excluding carboxylic acids is 1. The molecular formula is C17H23NO4. The van der Waals surface area contributed by atoms with Gasteiger partial charge in [-0.1, -0.05) is 32.1 Å². The van der Waals surface area contributed by atoms with Crippen LogP contribution in [0.1, 0.15) is 72.3 Å². The fourth-order valence-electron chi connectivity index (χ4n) is 3.86. The van der Waals surface area contributed by atoms with E-state index in [4.69, 9.17) is 9.52 Å². The van der Waals surface area contributed by atoms with Gasteiger partial charge < -0.3 is 14.4 Å². The molecule has 1 aromatic heterocycles. The maximum absolute atomic E-state index is 12.6. The van der Waals surface area contributed by atoms with Crippen LogP contribution in [0.3, 0.4) is 0 Å². The number of furan rings is 1. The molecule has 2 fully saturated rings. The van der Waals surface area contributed by atoms with Crippen molar-refractivity contribution in [2.45, 2.75) is 57.4 Å². The van der Waals surface area contributed by atoms with Crippen LogP contribution in [0.25, 0.3) is 0 Å². The topological polar surface area (TPSA) is 70.7 Å². The minimum absolute atomic E-state index is 0.0337. The summed E-state index contributed by atoms with van der Waals surface area (Å²) in [7, 11) is 0. The van der Waals surface area contributed by atoms with Gasteiger partial charge in [-0.05, 0) is 25.2 Å². The third-order valence-electron chi connectivity index (χ3n) is 5.03. The minimum atomic E-state index is -1.07. The first-order valence-corrected chi connectivity index (χ1v) is 8.28. The van der Waals surface area contributed by atoms with Crippen LogP contribution in [0.15, 0.2) is 16.7 Å². The predicted molar refractivity (Wildman–Crippen MR) is 80.9 cm³/mol. The molecule has 1 saturated heterocycles. The molecule has 5 heteroatoms. The van der Waals surface area contributed by atoms with Crippen molar-refractivity contribution in [3.05, 3.63) is 23.7 Å². The van der Waals surface area contributed by atoms with Gasteiger partial charge in [-0.2, -0.15) is 0 Å². The fourth-order valence-corrected chi connectivity index (χ4v) is 3.86. The lowest BCUT2D eigenvalue weighted by Gasteiger charge is -2.29. The fraction of sp³-hybridized carbons (Fsp3) is 0.647. The molecule has 0 radical (unpaired) electrons. The van der Waals surface area contributed by atoms with Gasteiger partial charge in [-0.3, -0.25) is 4.79 Å². The number of hydrogen-bond acceptors (Lipinski definition) is 3. The lowest BCUT2D eigenvalue weighted by molar-refractivity contribution is 0.0675. The summed E-state index contributed by atoms with van der Waals surface area (Å²) in [5.41, 5.74) is 0.0337. The third-order valence-corrected chi connectivity index (χ3v) is 5.03. The summed E-state index contributed by atoms with van der Waals surface area (Å²) in [4.78, 5) is 25.4. The summed E-state index contributed by atoms with van der Waals surface area (Å²) in [6.07, 6.45) is 10.8. The molecule has 120 valence electrons. The standard InChI is InChI=1S/C17H23NO4/c19-16(15-10-13(11-22-15)17(20)21)18-8-4-7-14(18)9-12-5-2-1-3-6-12/h10-12,14H,1-9H2,(H,20,21). The average molecular weight is 305 g/mol. The molecule has 1 atom stereocenters. The van der Waals surface area contributed by atoms with E-state index >= 15 is 0 Å². The minimum Gasteiger partial charge on any atom is -0.478 e.